The molecule has 3 rings (SSSR count). The number of rotatable bonds is 2. The lowest BCUT2D eigenvalue weighted by atomic mass is 9.98. The van der Waals surface area contributed by atoms with Crippen molar-refractivity contribution in [3.8, 4) is 11.6 Å². The molecule has 3 heterocycles. The molecule has 1 fully saturated rings. The van der Waals surface area contributed by atoms with E-state index in [4.69, 9.17) is 4.52 Å². The predicted molar refractivity (Wildman–Crippen MR) is 54.4 cm³/mol. The summed E-state index contributed by atoms with van der Waals surface area (Å²) in [5.41, 5.74) is 0. The van der Waals surface area contributed by atoms with Crippen LogP contribution in [0.5, 0.6) is 0 Å². The van der Waals surface area contributed by atoms with Crippen molar-refractivity contribution in [1.29, 1.82) is 0 Å². The molecule has 1 saturated heterocycles. The van der Waals surface area contributed by atoms with Crippen LogP contribution in [0.15, 0.2) is 10.9 Å². The van der Waals surface area contributed by atoms with Crippen LogP contribution in [0.3, 0.4) is 0 Å². The zero-order valence-corrected chi connectivity index (χ0v) is 8.84. The molecule has 0 aromatic carbocycles. The third-order valence-electron chi connectivity index (χ3n) is 2.90. The summed E-state index contributed by atoms with van der Waals surface area (Å²) in [4.78, 5) is 8.31. The molecule has 0 spiro atoms. The highest BCUT2D eigenvalue weighted by Gasteiger charge is 2.29. The summed E-state index contributed by atoms with van der Waals surface area (Å²) in [6, 6.07) is 0. The quantitative estimate of drug-likeness (QED) is 0.749. The highest BCUT2D eigenvalue weighted by atomic mass is 16.5. The van der Waals surface area contributed by atoms with Gasteiger partial charge in [0.2, 0.25) is 11.7 Å². The molecule has 0 radical (unpaired) electrons. The minimum Gasteiger partial charge on any atom is -0.338 e. The lowest BCUT2D eigenvalue weighted by Crippen LogP contribution is -2.08. The van der Waals surface area contributed by atoms with E-state index in [0.29, 0.717) is 29.4 Å². The van der Waals surface area contributed by atoms with Crippen LogP contribution in [-0.2, 0) is 0 Å². The maximum absolute atomic E-state index is 5.25. The van der Waals surface area contributed by atoms with Crippen LogP contribution in [0.25, 0.3) is 11.6 Å². The average Bonchev–Trinajstić information content (AvgIpc) is 2.96. The number of nitrogens with zero attached hydrogens (tertiary/aromatic N) is 4. The molecule has 0 bridgehead atoms. The molecule has 1 aliphatic heterocycles. The van der Waals surface area contributed by atoms with Crippen LogP contribution < -0.4 is 5.32 Å². The Morgan fingerprint density at radius 2 is 2.38 bits per heavy atom. The fraction of sp³-hybridized carbons (Fsp3) is 0.556. The first kappa shape index (κ1) is 9.46. The van der Waals surface area contributed by atoms with E-state index in [2.05, 4.69) is 37.6 Å². The van der Waals surface area contributed by atoms with Crippen LogP contribution in [0.1, 0.15) is 18.7 Å². The first-order valence-electron chi connectivity index (χ1n) is 5.24. The second-order valence-electron chi connectivity index (χ2n) is 4.03. The van der Waals surface area contributed by atoms with Crippen molar-refractivity contribution in [3.63, 3.8) is 0 Å². The lowest BCUT2D eigenvalue weighted by molar-refractivity contribution is 0.340. The van der Waals surface area contributed by atoms with Gasteiger partial charge >= 0.3 is 0 Å². The van der Waals surface area contributed by atoms with Gasteiger partial charge in [-0.2, -0.15) is 10.1 Å². The summed E-state index contributed by atoms with van der Waals surface area (Å²) in [5, 5.41) is 13.6. The van der Waals surface area contributed by atoms with Crippen molar-refractivity contribution in [2.24, 2.45) is 5.92 Å². The van der Waals surface area contributed by atoms with Crippen molar-refractivity contribution >= 4 is 0 Å². The van der Waals surface area contributed by atoms with Crippen molar-refractivity contribution in [2.75, 3.05) is 13.1 Å². The number of H-pyrrole nitrogens is 1. The molecule has 7 nitrogen and oxygen atoms in total. The highest BCUT2D eigenvalue weighted by molar-refractivity contribution is 5.39. The molecule has 2 aromatic heterocycles. The number of hydrogen-bond donors (Lipinski definition) is 2. The fourth-order valence-electron chi connectivity index (χ4n) is 1.94. The van der Waals surface area contributed by atoms with E-state index in [0.717, 1.165) is 13.1 Å². The molecule has 2 atom stereocenters. The fourth-order valence-corrected chi connectivity index (χ4v) is 1.94. The number of aromatic nitrogens is 5. The second kappa shape index (κ2) is 3.67. The van der Waals surface area contributed by atoms with Crippen LogP contribution in [-0.4, -0.2) is 38.4 Å². The second-order valence-corrected chi connectivity index (χ2v) is 4.03. The van der Waals surface area contributed by atoms with E-state index >= 15 is 0 Å². The molecule has 0 amide bonds. The Morgan fingerprint density at radius 3 is 3.06 bits per heavy atom. The minimum absolute atomic E-state index is 0.296. The van der Waals surface area contributed by atoms with Gasteiger partial charge in [0.05, 0.1) is 5.92 Å². The largest absolute Gasteiger partial charge is 0.338 e. The maximum Gasteiger partial charge on any atom is 0.239 e. The standard InChI is InChI=1S/C9H12N6O/c1-5-2-10-3-6(5)9-13-8(15-16-9)7-11-4-12-14-7/h4-6,10H,2-3H2,1H3,(H,11,12,14). The summed E-state index contributed by atoms with van der Waals surface area (Å²) in [6.45, 7) is 4.05. The Labute approximate surface area is 91.7 Å². The van der Waals surface area contributed by atoms with Gasteiger partial charge in [-0.3, -0.25) is 5.10 Å². The van der Waals surface area contributed by atoms with Gasteiger partial charge in [-0.15, -0.1) is 0 Å². The van der Waals surface area contributed by atoms with E-state index < -0.39 is 0 Å². The number of aromatic amines is 1. The van der Waals surface area contributed by atoms with Gasteiger partial charge in [-0.05, 0) is 12.5 Å². The van der Waals surface area contributed by atoms with Crippen molar-refractivity contribution in [3.05, 3.63) is 12.2 Å². The van der Waals surface area contributed by atoms with Gasteiger partial charge < -0.3 is 9.84 Å². The first-order valence-corrected chi connectivity index (χ1v) is 5.24. The molecule has 0 aliphatic carbocycles. The normalized spacial score (nSPS) is 25.1. The Hall–Kier alpha value is -1.76. The summed E-state index contributed by atoms with van der Waals surface area (Å²) < 4.78 is 5.25. The third-order valence-corrected chi connectivity index (χ3v) is 2.90. The SMILES string of the molecule is CC1CNCC1c1nc(-c2ncn[nH]2)no1. The van der Waals surface area contributed by atoms with E-state index in [1.54, 1.807) is 0 Å². The van der Waals surface area contributed by atoms with Gasteiger partial charge in [-0.25, -0.2) is 4.98 Å². The smallest absolute Gasteiger partial charge is 0.239 e. The summed E-state index contributed by atoms with van der Waals surface area (Å²) >= 11 is 0. The van der Waals surface area contributed by atoms with Gasteiger partial charge in [0.1, 0.15) is 6.33 Å². The lowest BCUT2D eigenvalue weighted by Gasteiger charge is -2.06. The third kappa shape index (κ3) is 1.49. The molecule has 2 N–H and O–H groups in total. The molecular weight excluding hydrogens is 208 g/mol. The monoisotopic (exact) mass is 220 g/mol. The Kier molecular flexibility index (Phi) is 2.17. The zero-order valence-electron chi connectivity index (χ0n) is 8.84. The summed E-state index contributed by atoms with van der Waals surface area (Å²) in [5.74, 6) is 2.48. The van der Waals surface area contributed by atoms with E-state index in [1.165, 1.54) is 6.33 Å². The Balaban J connectivity index is 1.88. The van der Waals surface area contributed by atoms with Crippen molar-refractivity contribution in [1.82, 2.24) is 30.6 Å². The van der Waals surface area contributed by atoms with E-state index in [9.17, 15) is 0 Å². The average molecular weight is 220 g/mol. The van der Waals surface area contributed by atoms with Crippen molar-refractivity contribution in [2.45, 2.75) is 12.8 Å². The van der Waals surface area contributed by atoms with Crippen LogP contribution in [0, 0.1) is 5.92 Å². The molecule has 1 aliphatic rings. The van der Waals surface area contributed by atoms with Crippen LogP contribution in [0.4, 0.5) is 0 Å². The highest BCUT2D eigenvalue weighted by Crippen LogP contribution is 2.27. The Morgan fingerprint density at radius 1 is 1.44 bits per heavy atom. The zero-order chi connectivity index (χ0) is 11.0. The first-order chi connectivity index (χ1) is 7.84. The van der Waals surface area contributed by atoms with Gasteiger partial charge in [0.25, 0.3) is 0 Å². The van der Waals surface area contributed by atoms with Crippen molar-refractivity contribution < 1.29 is 4.52 Å². The Bertz CT molecular complexity index is 464. The number of nitrogens with one attached hydrogen (secondary N) is 2. The molecule has 7 heteroatoms. The summed E-state index contributed by atoms with van der Waals surface area (Å²) in [6.07, 6.45) is 1.42. The maximum atomic E-state index is 5.25. The summed E-state index contributed by atoms with van der Waals surface area (Å²) in [7, 11) is 0. The topological polar surface area (TPSA) is 92.5 Å². The molecule has 84 valence electrons. The predicted octanol–water partition coefficient (Wildman–Crippen LogP) is 0.178. The molecule has 2 unspecified atom stereocenters. The number of hydrogen-bond acceptors (Lipinski definition) is 6. The van der Waals surface area contributed by atoms with E-state index in [-0.39, 0.29) is 0 Å². The molecule has 16 heavy (non-hydrogen) atoms. The molecular formula is C9H12N6O. The minimum atomic E-state index is 0.296. The van der Waals surface area contributed by atoms with Gasteiger partial charge in [-0.1, -0.05) is 12.1 Å². The van der Waals surface area contributed by atoms with Crippen LogP contribution in [0.2, 0.25) is 0 Å². The van der Waals surface area contributed by atoms with Gasteiger partial charge in [0, 0.05) is 6.54 Å². The van der Waals surface area contributed by atoms with E-state index in [1.807, 2.05) is 0 Å². The molecule has 2 aromatic rings. The van der Waals surface area contributed by atoms with Gasteiger partial charge in [0.15, 0.2) is 5.82 Å². The van der Waals surface area contributed by atoms with Crippen LogP contribution >= 0.6 is 0 Å². The molecule has 0 saturated carbocycles.